The fourth-order valence-corrected chi connectivity index (χ4v) is 3.30. The summed E-state index contributed by atoms with van der Waals surface area (Å²) in [5.41, 5.74) is 1.01. The van der Waals surface area contributed by atoms with Crippen molar-refractivity contribution in [2.45, 2.75) is 6.42 Å². The summed E-state index contributed by atoms with van der Waals surface area (Å²) in [5.74, 6) is -1.03. The molecule has 0 bridgehead atoms. The summed E-state index contributed by atoms with van der Waals surface area (Å²) in [6, 6.07) is 11.8. The standard InChI is InChI=1S/C21H21ClN2O6/c1-28-16-6-7-18(29-2)17(10-16)23-19(25)12-30-21(27)13-8-20(26)24(11-13)15-5-3-4-14(22)9-15/h3-7,9-10,13H,8,11-12H2,1-2H3,(H,23,25)/t13-/m0/s1. The lowest BCUT2D eigenvalue weighted by Crippen LogP contribution is -2.28. The quantitative estimate of drug-likeness (QED) is 0.676. The topological polar surface area (TPSA) is 94.2 Å². The molecule has 0 spiro atoms. The number of benzene rings is 2. The number of halogens is 1. The van der Waals surface area contributed by atoms with Gasteiger partial charge in [0.05, 0.1) is 25.8 Å². The number of ether oxygens (including phenoxy) is 3. The molecule has 0 aliphatic carbocycles. The number of anilines is 2. The number of amides is 2. The normalized spacial score (nSPS) is 15.6. The Bertz CT molecular complexity index is 964. The largest absolute Gasteiger partial charge is 0.497 e. The Morgan fingerprint density at radius 1 is 1.17 bits per heavy atom. The maximum absolute atomic E-state index is 12.4. The number of esters is 1. The van der Waals surface area contributed by atoms with Crippen molar-refractivity contribution < 1.29 is 28.6 Å². The Hall–Kier alpha value is -3.26. The monoisotopic (exact) mass is 432 g/mol. The maximum Gasteiger partial charge on any atom is 0.311 e. The zero-order valence-corrected chi connectivity index (χ0v) is 17.3. The van der Waals surface area contributed by atoms with Gasteiger partial charge in [0, 0.05) is 29.7 Å². The molecule has 1 N–H and O–H groups in total. The van der Waals surface area contributed by atoms with E-state index in [-0.39, 0.29) is 18.9 Å². The number of methoxy groups -OCH3 is 2. The molecule has 1 atom stereocenters. The molecule has 0 saturated carbocycles. The fourth-order valence-electron chi connectivity index (χ4n) is 3.11. The zero-order valence-electron chi connectivity index (χ0n) is 16.5. The highest BCUT2D eigenvalue weighted by atomic mass is 35.5. The summed E-state index contributed by atoms with van der Waals surface area (Å²) < 4.78 is 15.4. The van der Waals surface area contributed by atoms with Crippen molar-refractivity contribution in [2.75, 3.05) is 37.6 Å². The minimum atomic E-state index is -0.657. The van der Waals surface area contributed by atoms with E-state index in [0.29, 0.717) is 27.9 Å². The lowest BCUT2D eigenvalue weighted by Gasteiger charge is -2.16. The van der Waals surface area contributed by atoms with Crippen LogP contribution < -0.4 is 19.7 Å². The Balaban J connectivity index is 1.56. The van der Waals surface area contributed by atoms with Crippen molar-refractivity contribution in [3.8, 4) is 11.5 Å². The van der Waals surface area contributed by atoms with Crippen LogP contribution in [0.2, 0.25) is 5.02 Å². The van der Waals surface area contributed by atoms with Crippen LogP contribution in [0.1, 0.15) is 6.42 Å². The molecule has 158 valence electrons. The Morgan fingerprint density at radius 3 is 2.67 bits per heavy atom. The fraction of sp³-hybridized carbons (Fsp3) is 0.286. The molecule has 0 aromatic heterocycles. The van der Waals surface area contributed by atoms with E-state index in [1.165, 1.54) is 19.1 Å². The average molecular weight is 433 g/mol. The molecule has 2 amide bonds. The van der Waals surface area contributed by atoms with Crippen LogP contribution in [0.4, 0.5) is 11.4 Å². The van der Waals surface area contributed by atoms with E-state index >= 15 is 0 Å². The summed E-state index contributed by atoms with van der Waals surface area (Å²) in [7, 11) is 2.98. The van der Waals surface area contributed by atoms with Gasteiger partial charge in [0.1, 0.15) is 11.5 Å². The molecule has 2 aromatic carbocycles. The van der Waals surface area contributed by atoms with Gasteiger partial charge in [-0.1, -0.05) is 17.7 Å². The third-order valence-corrected chi connectivity index (χ3v) is 4.84. The van der Waals surface area contributed by atoms with E-state index in [2.05, 4.69) is 5.32 Å². The lowest BCUT2D eigenvalue weighted by atomic mass is 10.1. The van der Waals surface area contributed by atoms with E-state index in [9.17, 15) is 14.4 Å². The Labute approximate surface area is 178 Å². The Morgan fingerprint density at radius 2 is 1.97 bits per heavy atom. The molecular weight excluding hydrogens is 412 g/mol. The van der Waals surface area contributed by atoms with Crippen LogP contribution in [0, 0.1) is 5.92 Å². The first-order chi connectivity index (χ1) is 14.4. The Kier molecular flexibility index (Phi) is 6.79. The molecular formula is C21H21ClN2O6. The van der Waals surface area contributed by atoms with Crippen molar-refractivity contribution >= 4 is 40.8 Å². The summed E-state index contributed by atoms with van der Waals surface area (Å²) in [6.45, 7) is -0.315. The first-order valence-corrected chi connectivity index (χ1v) is 9.53. The lowest BCUT2D eigenvalue weighted by molar-refractivity contribution is -0.151. The van der Waals surface area contributed by atoms with Crippen molar-refractivity contribution in [3.63, 3.8) is 0 Å². The molecule has 1 heterocycles. The number of hydrogen-bond donors (Lipinski definition) is 1. The zero-order chi connectivity index (χ0) is 21.7. The van der Waals surface area contributed by atoms with Crippen LogP contribution in [0.3, 0.4) is 0 Å². The van der Waals surface area contributed by atoms with Gasteiger partial charge in [-0.2, -0.15) is 0 Å². The highest BCUT2D eigenvalue weighted by Crippen LogP contribution is 2.29. The molecule has 1 saturated heterocycles. The molecule has 30 heavy (non-hydrogen) atoms. The van der Waals surface area contributed by atoms with E-state index in [1.807, 2.05) is 0 Å². The molecule has 1 aliphatic heterocycles. The number of nitrogens with zero attached hydrogens (tertiary/aromatic N) is 1. The van der Waals surface area contributed by atoms with Crippen molar-refractivity contribution in [2.24, 2.45) is 5.92 Å². The van der Waals surface area contributed by atoms with Gasteiger partial charge < -0.3 is 24.4 Å². The number of nitrogens with one attached hydrogen (secondary N) is 1. The first-order valence-electron chi connectivity index (χ1n) is 9.15. The van der Waals surface area contributed by atoms with E-state index in [0.717, 1.165) is 0 Å². The smallest absolute Gasteiger partial charge is 0.311 e. The predicted molar refractivity (Wildman–Crippen MR) is 111 cm³/mol. The second-order valence-electron chi connectivity index (χ2n) is 6.61. The highest BCUT2D eigenvalue weighted by molar-refractivity contribution is 6.31. The second-order valence-corrected chi connectivity index (χ2v) is 7.04. The van der Waals surface area contributed by atoms with E-state index in [1.54, 1.807) is 42.5 Å². The van der Waals surface area contributed by atoms with Crippen molar-refractivity contribution in [3.05, 3.63) is 47.5 Å². The molecule has 1 fully saturated rings. The molecule has 8 nitrogen and oxygen atoms in total. The SMILES string of the molecule is COc1ccc(OC)c(NC(=O)COC(=O)[C@H]2CC(=O)N(c3cccc(Cl)c3)C2)c1. The summed E-state index contributed by atoms with van der Waals surface area (Å²) in [6.07, 6.45) is 0.0106. The van der Waals surface area contributed by atoms with Crippen LogP contribution in [0.5, 0.6) is 11.5 Å². The summed E-state index contributed by atoms with van der Waals surface area (Å²) in [5, 5.41) is 3.11. The van der Waals surface area contributed by atoms with Gasteiger partial charge in [0.25, 0.3) is 5.91 Å². The maximum atomic E-state index is 12.4. The summed E-state index contributed by atoms with van der Waals surface area (Å²) in [4.78, 5) is 38.3. The number of carbonyl (C=O) groups is 3. The van der Waals surface area contributed by atoms with Crippen molar-refractivity contribution in [1.29, 1.82) is 0 Å². The molecule has 0 unspecified atom stereocenters. The van der Waals surface area contributed by atoms with Gasteiger partial charge in [-0.25, -0.2) is 0 Å². The van der Waals surface area contributed by atoms with Crippen LogP contribution in [0.25, 0.3) is 0 Å². The average Bonchev–Trinajstić information content (AvgIpc) is 3.13. The minimum absolute atomic E-state index is 0.0106. The molecule has 9 heteroatoms. The van der Waals surface area contributed by atoms with Crippen LogP contribution in [-0.4, -0.2) is 45.2 Å². The second kappa shape index (κ2) is 9.49. The van der Waals surface area contributed by atoms with Crippen LogP contribution in [-0.2, 0) is 19.1 Å². The van der Waals surface area contributed by atoms with Crippen molar-refractivity contribution in [1.82, 2.24) is 0 Å². The van der Waals surface area contributed by atoms with E-state index in [4.69, 9.17) is 25.8 Å². The predicted octanol–water partition coefficient (Wildman–Crippen LogP) is 2.89. The van der Waals surface area contributed by atoms with Gasteiger partial charge in [-0.3, -0.25) is 14.4 Å². The summed E-state index contributed by atoms with van der Waals surface area (Å²) >= 11 is 5.97. The highest BCUT2D eigenvalue weighted by Gasteiger charge is 2.36. The molecule has 3 rings (SSSR count). The van der Waals surface area contributed by atoms with Gasteiger partial charge in [-0.15, -0.1) is 0 Å². The molecule has 1 aliphatic rings. The van der Waals surface area contributed by atoms with Gasteiger partial charge >= 0.3 is 5.97 Å². The van der Waals surface area contributed by atoms with E-state index < -0.39 is 24.4 Å². The minimum Gasteiger partial charge on any atom is -0.497 e. The molecule has 0 radical (unpaired) electrons. The van der Waals surface area contributed by atoms with Gasteiger partial charge in [0.15, 0.2) is 6.61 Å². The third kappa shape index (κ3) is 5.01. The third-order valence-electron chi connectivity index (χ3n) is 4.60. The van der Waals surface area contributed by atoms with Crippen LogP contribution >= 0.6 is 11.6 Å². The first kappa shape index (κ1) is 21.4. The number of hydrogen-bond acceptors (Lipinski definition) is 6. The number of carbonyl (C=O) groups excluding carboxylic acids is 3. The van der Waals surface area contributed by atoms with Gasteiger partial charge in [0.2, 0.25) is 5.91 Å². The van der Waals surface area contributed by atoms with Crippen LogP contribution in [0.15, 0.2) is 42.5 Å². The van der Waals surface area contributed by atoms with Gasteiger partial charge in [-0.05, 0) is 30.3 Å². The number of rotatable bonds is 7. The molecule has 2 aromatic rings.